The Morgan fingerprint density at radius 1 is 1.22 bits per heavy atom. The molecule has 2 N–H and O–H groups in total. The van der Waals surface area contributed by atoms with Crippen LogP contribution in [0.15, 0.2) is 48.7 Å². The van der Waals surface area contributed by atoms with Crippen LogP contribution in [-0.4, -0.2) is 28.3 Å². The summed E-state index contributed by atoms with van der Waals surface area (Å²) >= 11 is 5.98. The van der Waals surface area contributed by atoms with Gasteiger partial charge >= 0.3 is 0 Å². The first-order valence-corrected chi connectivity index (χ1v) is 8.34. The maximum absolute atomic E-state index is 10.6. The van der Waals surface area contributed by atoms with Gasteiger partial charge < -0.3 is 15.2 Å². The van der Waals surface area contributed by atoms with Gasteiger partial charge in [-0.2, -0.15) is 0 Å². The molecule has 0 saturated heterocycles. The van der Waals surface area contributed by atoms with Crippen LogP contribution in [0.3, 0.4) is 0 Å². The number of hydrogen-bond acceptors (Lipinski definition) is 4. The first-order chi connectivity index (χ1) is 11.2. The molecule has 1 heterocycles. The van der Waals surface area contributed by atoms with Gasteiger partial charge in [0, 0.05) is 23.8 Å². The van der Waals surface area contributed by atoms with E-state index in [1.807, 2.05) is 36.4 Å². The first kappa shape index (κ1) is 16.2. The summed E-state index contributed by atoms with van der Waals surface area (Å²) in [5, 5.41) is 14.6. The molecule has 23 heavy (non-hydrogen) atoms. The molecule has 1 aliphatic carbocycles. The van der Waals surface area contributed by atoms with Crippen molar-refractivity contribution in [1.82, 2.24) is 10.3 Å². The standard InChI is InChI=1S/C18H21ClN2O2/c19-13-5-3-7-15(11-13)23-17-9-4-8-16(18(17)22)21-12-14-6-1-2-10-20-14/h1-3,5-7,10-11,16-18,21-22H,4,8-9,12H2/t16-,17+,18+/m0/s1. The number of halogens is 1. The number of aromatic nitrogens is 1. The van der Waals surface area contributed by atoms with E-state index >= 15 is 0 Å². The third kappa shape index (κ3) is 4.44. The monoisotopic (exact) mass is 332 g/mol. The molecule has 0 bridgehead atoms. The fraction of sp³-hybridized carbons (Fsp3) is 0.389. The lowest BCUT2D eigenvalue weighted by molar-refractivity contribution is -0.0158. The molecule has 4 nitrogen and oxygen atoms in total. The number of benzene rings is 1. The highest BCUT2D eigenvalue weighted by Gasteiger charge is 2.33. The number of nitrogens with zero attached hydrogens (tertiary/aromatic N) is 1. The summed E-state index contributed by atoms with van der Waals surface area (Å²) in [5.74, 6) is 0.701. The van der Waals surface area contributed by atoms with E-state index in [0.29, 0.717) is 17.3 Å². The molecule has 1 aromatic carbocycles. The Labute approximate surface area is 141 Å². The molecule has 5 heteroatoms. The Morgan fingerprint density at radius 3 is 2.91 bits per heavy atom. The van der Waals surface area contributed by atoms with Crippen molar-refractivity contribution in [2.75, 3.05) is 0 Å². The summed E-state index contributed by atoms with van der Waals surface area (Å²) in [6, 6.07) is 13.1. The van der Waals surface area contributed by atoms with E-state index in [1.54, 1.807) is 12.3 Å². The number of hydrogen-bond donors (Lipinski definition) is 2. The summed E-state index contributed by atoms with van der Waals surface area (Å²) in [6.45, 7) is 0.645. The maximum Gasteiger partial charge on any atom is 0.126 e. The highest BCUT2D eigenvalue weighted by molar-refractivity contribution is 6.30. The second-order valence-electron chi connectivity index (χ2n) is 5.84. The summed E-state index contributed by atoms with van der Waals surface area (Å²) < 4.78 is 5.94. The second kappa shape index (κ2) is 7.77. The van der Waals surface area contributed by atoms with Gasteiger partial charge in [-0.15, -0.1) is 0 Å². The van der Waals surface area contributed by atoms with Gasteiger partial charge in [-0.3, -0.25) is 4.98 Å². The van der Waals surface area contributed by atoms with Gasteiger partial charge in [0.25, 0.3) is 0 Å². The average Bonchev–Trinajstić information content (AvgIpc) is 2.57. The molecule has 1 saturated carbocycles. The molecular formula is C18H21ClN2O2. The molecule has 0 radical (unpaired) electrons. The van der Waals surface area contributed by atoms with Crippen LogP contribution < -0.4 is 10.1 Å². The molecule has 3 atom stereocenters. The first-order valence-electron chi connectivity index (χ1n) is 7.96. The SMILES string of the molecule is O[C@@H]1[C@@H](NCc2ccccn2)CCC[C@H]1Oc1cccc(Cl)c1. The minimum absolute atomic E-state index is 0.00920. The van der Waals surface area contributed by atoms with Crippen LogP contribution in [0.5, 0.6) is 5.75 Å². The summed E-state index contributed by atoms with van der Waals surface area (Å²) in [6.07, 6.45) is 3.80. The molecule has 1 fully saturated rings. The van der Waals surface area contributed by atoms with Crippen molar-refractivity contribution in [2.45, 2.75) is 44.1 Å². The number of rotatable bonds is 5. The Bertz CT molecular complexity index is 623. The zero-order valence-electron chi connectivity index (χ0n) is 12.9. The third-order valence-corrected chi connectivity index (χ3v) is 4.39. The molecule has 3 rings (SSSR count). The lowest BCUT2D eigenvalue weighted by Gasteiger charge is -2.35. The van der Waals surface area contributed by atoms with Crippen molar-refractivity contribution in [3.05, 3.63) is 59.4 Å². The van der Waals surface area contributed by atoms with Crippen LogP contribution >= 0.6 is 11.6 Å². The van der Waals surface area contributed by atoms with Crippen molar-refractivity contribution >= 4 is 11.6 Å². The number of aliphatic hydroxyl groups excluding tert-OH is 1. The van der Waals surface area contributed by atoms with Crippen molar-refractivity contribution in [1.29, 1.82) is 0 Å². The average molecular weight is 333 g/mol. The van der Waals surface area contributed by atoms with Crippen LogP contribution in [0, 0.1) is 0 Å². The smallest absolute Gasteiger partial charge is 0.126 e. The Kier molecular flexibility index (Phi) is 5.49. The Morgan fingerprint density at radius 2 is 2.13 bits per heavy atom. The molecule has 122 valence electrons. The largest absolute Gasteiger partial charge is 0.488 e. The van der Waals surface area contributed by atoms with E-state index in [2.05, 4.69) is 10.3 Å². The van der Waals surface area contributed by atoms with Gasteiger partial charge in [0.2, 0.25) is 0 Å². The molecule has 2 aromatic rings. The van der Waals surface area contributed by atoms with Crippen LogP contribution in [0.2, 0.25) is 5.02 Å². The lowest BCUT2D eigenvalue weighted by atomic mass is 9.89. The molecule has 0 amide bonds. The predicted octanol–water partition coefficient (Wildman–Crippen LogP) is 3.19. The summed E-state index contributed by atoms with van der Waals surface area (Å²) in [4.78, 5) is 4.29. The van der Waals surface area contributed by atoms with Crippen LogP contribution in [0.1, 0.15) is 25.0 Å². The predicted molar refractivity (Wildman–Crippen MR) is 90.6 cm³/mol. The number of nitrogens with one attached hydrogen (secondary N) is 1. The summed E-state index contributed by atoms with van der Waals surface area (Å²) in [7, 11) is 0. The molecule has 1 aliphatic rings. The van der Waals surface area contributed by atoms with E-state index in [4.69, 9.17) is 16.3 Å². The molecule has 1 aromatic heterocycles. The van der Waals surface area contributed by atoms with Gasteiger partial charge in [0.05, 0.1) is 5.69 Å². The van der Waals surface area contributed by atoms with E-state index < -0.39 is 6.10 Å². The van der Waals surface area contributed by atoms with Crippen LogP contribution in [0.25, 0.3) is 0 Å². The Balaban J connectivity index is 1.58. The number of pyridine rings is 1. The second-order valence-corrected chi connectivity index (χ2v) is 6.28. The van der Waals surface area contributed by atoms with Crippen LogP contribution in [0.4, 0.5) is 0 Å². The molecule has 0 unspecified atom stereocenters. The topological polar surface area (TPSA) is 54.4 Å². The van der Waals surface area contributed by atoms with E-state index in [1.165, 1.54) is 0 Å². The van der Waals surface area contributed by atoms with E-state index in [0.717, 1.165) is 25.0 Å². The van der Waals surface area contributed by atoms with Crippen molar-refractivity contribution in [3.63, 3.8) is 0 Å². The summed E-state index contributed by atoms with van der Waals surface area (Å²) in [5.41, 5.74) is 0.970. The molecular weight excluding hydrogens is 312 g/mol. The molecule has 0 aliphatic heterocycles. The number of aliphatic hydroxyl groups is 1. The quantitative estimate of drug-likeness (QED) is 0.883. The van der Waals surface area contributed by atoms with Crippen molar-refractivity contribution in [2.24, 2.45) is 0 Å². The fourth-order valence-corrected chi connectivity index (χ4v) is 3.12. The Hall–Kier alpha value is -1.62. The maximum atomic E-state index is 10.6. The fourth-order valence-electron chi connectivity index (χ4n) is 2.94. The number of ether oxygens (including phenoxy) is 1. The van der Waals surface area contributed by atoms with Gasteiger partial charge in [0.15, 0.2) is 0 Å². The third-order valence-electron chi connectivity index (χ3n) is 4.15. The van der Waals surface area contributed by atoms with Crippen LogP contribution in [-0.2, 0) is 6.54 Å². The molecule has 0 spiro atoms. The van der Waals surface area contributed by atoms with Gasteiger partial charge in [0.1, 0.15) is 18.0 Å². The normalized spacial score (nSPS) is 24.3. The van der Waals surface area contributed by atoms with Gasteiger partial charge in [-0.25, -0.2) is 0 Å². The highest BCUT2D eigenvalue weighted by atomic mass is 35.5. The lowest BCUT2D eigenvalue weighted by Crippen LogP contribution is -2.51. The van der Waals surface area contributed by atoms with Crippen molar-refractivity contribution in [3.8, 4) is 5.75 Å². The highest BCUT2D eigenvalue weighted by Crippen LogP contribution is 2.26. The van der Waals surface area contributed by atoms with Gasteiger partial charge in [-0.05, 0) is 49.6 Å². The zero-order chi connectivity index (χ0) is 16.1. The van der Waals surface area contributed by atoms with E-state index in [9.17, 15) is 5.11 Å². The van der Waals surface area contributed by atoms with Gasteiger partial charge in [-0.1, -0.05) is 23.7 Å². The minimum atomic E-state index is -0.550. The van der Waals surface area contributed by atoms with E-state index in [-0.39, 0.29) is 12.1 Å². The zero-order valence-corrected chi connectivity index (χ0v) is 13.6. The minimum Gasteiger partial charge on any atom is -0.488 e. The van der Waals surface area contributed by atoms with Crippen molar-refractivity contribution < 1.29 is 9.84 Å².